The maximum absolute atomic E-state index is 12.2. The summed E-state index contributed by atoms with van der Waals surface area (Å²) in [6.07, 6.45) is 3.92. The predicted octanol–water partition coefficient (Wildman–Crippen LogP) is 1.41. The monoisotopic (exact) mass is 408 g/mol. The van der Waals surface area contributed by atoms with E-state index in [0.717, 1.165) is 36.8 Å². The molecule has 1 amide bonds. The molecule has 2 rings (SSSR count). The molecule has 0 unspecified atom stereocenters. The molecule has 2 aromatic carbocycles. The van der Waals surface area contributed by atoms with Gasteiger partial charge in [0.2, 0.25) is 0 Å². The number of rotatable bonds is 10. The van der Waals surface area contributed by atoms with Gasteiger partial charge in [-0.25, -0.2) is 0 Å². The summed E-state index contributed by atoms with van der Waals surface area (Å²) in [4.78, 5) is 23.7. The maximum Gasteiger partial charge on any atom is 0.251 e. The standard InChI is InChI=1S/C24H28N2O4/c25-16-22(23(29)17-28)26-24(30)21-13-11-20(12-14-21)10-9-19-7-5-18(6-8-19)4-2-1-3-15-27/h5-8,11-14,22,27-28H,1-4,15-17,25H2,(H,26,30)/t22-/m0/s1. The SMILES string of the molecule is NC[C@H](NC(=O)c1ccc(C#Cc2ccc(CCCCCO)cc2)cc1)C(=O)CO. The summed E-state index contributed by atoms with van der Waals surface area (Å²) < 4.78 is 0. The fourth-order valence-corrected chi connectivity index (χ4v) is 2.84. The van der Waals surface area contributed by atoms with Crippen molar-refractivity contribution < 1.29 is 19.8 Å². The lowest BCUT2D eigenvalue weighted by Gasteiger charge is -2.14. The van der Waals surface area contributed by atoms with Gasteiger partial charge in [0.25, 0.3) is 5.91 Å². The van der Waals surface area contributed by atoms with Gasteiger partial charge in [-0.15, -0.1) is 0 Å². The number of hydrogen-bond donors (Lipinski definition) is 4. The second-order valence-electron chi connectivity index (χ2n) is 6.94. The quantitative estimate of drug-likeness (QED) is 0.351. The number of Topliss-reactive ketones (excluding diaryl/α,β-unsaturated/α-hetero) is 1. The number of hydrogen-bond acceptors (Lipinski definition) is 5. The molecule has 0 bridgehead atoms. The number of benzene rings is 2. The molecule has 0 aliphatic rings. The van der Waals surface area contributed by atoms with Crippen LogP contribution in [0.2, 0.25) is 0 Å². The minimum Gasteiger partial charge on any atom is -0.396 e. The number of nitrogens with one attached hydrogen (secondary N) is 1. The van der Waals surface area contributed by atoms with E-state index < -0.39 is 24.3 Å². The van der Waals surface area contributed by atoms with Gasteiger partial charge < -0.3 is 21.3 Å². The smallest absolute Gasteiger partial charge is 0.251 e. The molecule has 0 radical (unpaired) electrons. The molecule has 0 spiro atoms. The van der Waals surface area contributed by atoms with Crippen molar-refractivity contribution in [3.05, 3.63) is 70.8 Å². The molecule has 0 fully saturated rings. The van der Waals surface area contributed by atoms with E-state index in [4.69, 9.17) is 15.9 Å². The van der Waals surface area contributed by atoms with Gasteiger partial charge in [0.05, 0.1) is 0 Å². The van der Waals surface area contributed by atoms with Crippen LogP contribution in [0.3, 0.4) is 0 Å². The molecular formula is C24H28N2O4. The number of aryl methyl sites for hydroxylation is 1. The summed E-state index contributed by atoms with van der Waals surface area (Å²) in [5, 5.41) is 20.2. The van der Waals surface area contributed by atoms with Crippen molar-refractivity contribution in [1.29, 1.82) is 0 Å². The molecule has 5 N–H and O–H groups in total. The highest BCUT2D eigenvalue weighted by Gasteiger charge is 2.18. The van der Waals surface area contributed by atoms with Crippen molar-refractivity contribution in [2.75, 3.05) is 19.8 Å². The molecule has 6 nitrogen and oxygen atoms in total. The second kappa shape index (κ2) is 12.6. The van der Waals surface area contributed by atoms with Gasteiger partial charge in [-0.3, -0.25) is 9.59 Å². The Labute approximate surface area is 177 Å². The van der Waals surface area contributed by atoms with Gasteiger partial charge in [0, 0.05) is 29.8 Å². The molecule has 0 saturated carbocycles. The van der Waals surface area contributed by atoms with E-state index in [1.807, 2.05) is 12.1 Å². The van der Waals surface area contributed by atoms with Gasteiger partial charge >= 0.3 is 0 Å². The lowest BCUT2D eigenvalue weighted by molar-refractivity contribution is -0.123. The van der Waals surface area contributed by atoms with Crippen LogP contribution in [0.1, 0.15) is 46.3 Å². The Morgan fingerprint density at radius 1 is 0.900 bits per heavy atom. The number of carbonyl (C=O) groups is 2. The van der Waals surface area contributed by atoms with Crippen LogP contribution in [0, 0.1) is 11.8 Å². The van der Waals surface area contributed by atoms with Crippen molar-refractivity contribution in [2.24, 2.45) is 5.73 Å². The van der Waals surface area contributed by atoms with Crippen LogP contribution in [0.25, 0.3) is 0 Å². The van der Waals surface area contributed by atoms with E-state index >= 15 is 0 Å². The van der Waals surface area contributed by atoms with Crippen LogP contribution in [0.15, 0.2) is 48.5 Å². The molecule has 158 valence electrons. The number of nitrogens with two attached hydrogens (primary N) is 1. The van der Waals surface area contributed by atoms with Gasteiger partial charge in [0.1, 0.15) is 12.6 Å². The van der Waals surface area contributed by atoms with Gasteiger partial charge in [0.15, 0.2) is 5.78 Å². The summed E-state index contributed by atoms with van der Waals surface area (Å²) in [5.74, 6) is 5.22. The first-order chi connectivity index (χ1) is 14.6. The third-order valence-electron chi connectivity index (χ3n) is 4.66. The lowest BCUT2D eigenvalue weighted by atomic mass is 10.0. The molecule has 0 saturated heterocycles. The van der Waals surface area contributed by atoms with Gasteiger partial charge in [-0.1, -0.05) is 30.4 Å². The summed E-state index contributed by atoms with van der Waals surface area (Å²) in [5.41, 5.74) is 8.78. The summed E-state index contributed by atoms with van der Waals surface area (Å²) in [7, 11) is 0. The van der Waals surface area contributed by atoms with Crippen molar-refractivity contribution in [3.8, 4) is 11.8 Å². The first-order valence-electron chi connectivity index (χ1n) is 10.0. The van der Waals surface area contributed by atoms with E-state index in [1.165, 1.54) is 5.56 Å². The average molecular weight is 408 g/mol. The van der Waals surface area contributed by atoms with E-state index in [9.17, 15) is 9.59 Å². The minimum atomic E-state index is -0.903. The van der Waals surface area contributed by atoms with Crippen molar-refractivity contribution in [1.82, 2.24) is 5.32 Å². The number of aliphatic hydroxyl groups excluding tert-OH is 2. The van der Waals surface area contributed by atoms with Crippen LogP contribution >= 0.6 is 0 Å². The van der Waals surface area contributed by atoms with Crippen LogP contribution in [-0.2, 0) is 11.2 Å². The molecule has 0 aliphatic heterocycles. The summed E-state index contributed by atoms with van der Waals surface area (Å²) >= 11 is 0. The number of unbranched alkanes of at least 4 members (excludes halogenated alkanes) is 2. The largest absolute Gasteiger partial charge is 0.396 e. The number of aliphatic hydroxyl groups is 2. The van der Waals surface area contributed by atoms with Crippen molar-refractivity contribution in [3.63, 3.8) is 0 Å². The molecule has 1 atom stereocenters. The number of amides is 1. The minimum absolute atomic E-state index is 0.0733. The molecule has 0 aromatic heterocycles. The highest BCUT2D eigenvalue weighted by atomic mass is 16.3. The molecule has 6 heteroatoms. The molecule has 30 heavy (non-hydrogen) atoms. The Bertz CT molecular complexity index is 880. The normalized spacial score (nSPS) is 11.3. The molecule has 2 aromatic rings. The highest BCUT2D eigenvalue weighted by Crippen LogP contribution is 2.09. The Morgan fingerprint density at radius 3 is 2.03 bits per heavy atom. The Balaban J connectivity index is 1.94. The fraction of sp³-hybridized carbons (Fsp3) is 0.333. The van der Waals surface area contributed by atoms with Gasteiger partial charge in [-0.05, 0) is 61.2 Å². The molecule has 0 heterocycles. The Hall–Kier alpha value is -2.98. The average Bonchev–Trinajstić information content (AvgIpc) is 2.79. The van der Waals surface area contributed by atoms with E-state index in [2.05, 4.69) is 29.3 Å². The number of ketones is 1. The first kappa shape index (κ1) is 23.3. The zero-order valence-electron chi connectivity index (χ0n) is 16.9. The first-order valence-corrected chi connectivity index (χ1v) is 10.0. The molecule has 0 aliphatic carbocycles. The fourth-order valence-electron chi connectivity index (χ4n) is 2.84. The second-order valence-corrected chi connectivity index (χ2v) is 6.94. The predicted molar refractivity (Wildman–Crippen MR) is 116 cm³/mol. The van der Waals surface area contributed by atoms with Crippen molar-refractivity contribution in [2.45, 2.75) is 31.7 Å². The van der Waals surface area contributed by atoms with E-state index in [-0.39, 0.29) is 13.2 Å². The van der Waals surface area contributed by atoms with Crippen LogP contribution in [0.5, 0.6) is 0 Å². The van der Waals surface area contributed by atoms with Crippen LogP contribution in [-0.4, -0.2) is 47.7 Å². The lowest BCUT2D eigenvalue weighted by Crippen LogP contribution is -2.46. The Morgan fingerprint density at radius 2 is 1.50 bits per heavy atom. The van der Waals surface area contributed by atoms with Crippen LogP contribution in [0.4, 0.5) is 0 Å². The number of carbonyl (C=O) groups excluding carboxylic acids is 2. The summed E-state index contributed by atoms with van der Waals surface area (Å²) in [6, 6.07) is 13.9. The highest BCUT2D eigenvalue weighted by molar-refractivity contribution is 5.98. The molecular weight excluding hydrogens is 380 g/mol. The zero-order valence-corrected chi connectivity index (χ0v) is 16.9. The van der Waals surface area contributed by atoms with Crippen molar-refractivity contribution >= 4 is 11.7 Å². The Kier molecular flexibility index (Phi) is 9.75. The third kappa shape index (κ3) is 7.45. The van der Waals surface area contributed by atoms with Gasteiger partial charge in [-0.2, -0.15) is 0 Å². The zero-order chi connectivity index (χ0) is 21.8. The van der Waals surface area contributed by atoms with Crippen LogP contribution < -0.4 is 11.1 Å². The third-order valence-corrected chi connectivity index (χ3v) is 4.66. The maximum atomic E-state index is 12.2. The van der Waals surface area contributed by atoms with E-state index in [0.29, 0.717) is 5.56 Å². The summed E-state index contributed by atoms with van der Waals surface area (Å²) in [6.45, 7) is -0.491. The van der Waals surface area contributed by atoms with E-state index in [1.54, 1.807) is 24.3 Å². The topological polar surface area (TPSA) is 113 Å².